The number of aromatic nitrogens is 1. The largest absolute Gasteiger partial charge is 0.314 e. The molecular formula is C18H19N3OS. The fourth-order valence-corrected chi connectivity index (χ4v) is 4.02. The van der Waals surface area contributed by atoms with Crippen LogP contribution in [0.3, 0.4) is 0 Å². The zero-order chi connectivity index (χ0) is 15.6. The number of hydrogen-bond donors (Lipinski definition) is 2. The van der Waals surface area contributed by atoms with Gasteiger partial charge in [0, 0.05) is 37.6 Å². The first kappa shape index (κ1) is 14.6. The third kappa shape index (κ3) is 3.08. The Balaban J connectivity index is 1.70. The fraction of sp³-hybridized carbons (Fsp3) is 0.278. The molecule has 118 valence electrons. The van der Waals surface area contributed by atoms with Gasteiger partial charge < -0.3 is 10.3 Å². The fourth-order valence-electron chi connectivity index (χ4n) is 3.12. The van der Waals surface area contributed by atoms with Crippen molar-refractivity contribution in [3.05, 3.63) is 57.0 Å². The van der Waals surface area contributed by atoms with Gasteiger partial charge in [0.25, 0.3) is 0 Å². The maximum Gasteiger partial charge on any atom is 0.305 e. The Hall–Kier alpha value is -1.95. The minimum Gasteiger partial charge on any atom is -0.314 e. The van der Waals surface area contributed by atoms with Gasteiger partial charge in [0.05, 0.1) is 5.69 Å². The third-order valence-corrected chi connectivity index (χ3v) is 5.20. The van der Waals surface area contributed by atoms with Gasteiger partial charge in [0.1, 0.15) is 0 Å². The lowest BCUT2D eigenvalue weighted by atomic mass is 10.0. The van der Waals surface area contributed by atoms with Crippen LogP contribution in [-0.4, -0.2) is 36.1 Å². The number of nitrogens with zero attached hydrogens (tertiary/aromatic N) is 1. The molecule has 4 rings (SSSR count). The van der Waals surface area contributed by atoms with Crippen LogP contribution in [0, 0.1) is 0 Å². The van der Waals surface area contributed by atoms with Crippen LogP contribution in [0.15, 0.2) is 47.3 Å². The van der Waals surface area contributed by atoms with Gasteiger partial charge in [-0.3, -0.25) is 9.69 Å². The molecule has 1 aliphatic heterocycles. The third-order valence-electron chi connectivity index (χ3n) is 4.34. The Morgan fingerprint density at radius 3 is 2.65 bits per heavy atom. The van der Waals surface area contributed by atoms with Crippen molar-refractivity contribution in [2.24, 2.45) is 0 Å². The van der Waals surface area contributed by atoms with Crippen LogP contribution in [0.2, 0.25) is 0 Å². The zero-order valence-corrected chi connectivity index (χ0v) is 13.7. The number of rotatable bonds is 3. The van der Waals surface area contributed by atoms with Gasteiger partial charge in [-0.1, -0.05) is 47.7 Å². The van der Waals surface area contributed by atoms with Crippen molar-refractivity contribution >= 4 is 22.1 Å². The molecule has 0 spiro atoms. The molecule has 0 bridgehead atoms. The molecular weight excluding hydrogens is 306 g/mol. The molecule has 0 aliphatic carbocycles. The van der Waals surface area contributed by atoms with Gasteiger partial charge in [-0.2, -0.15) is 0 Å². The number of nitrogens with one attached hydrogen (secondary N) is 2. The van der Waals surface area contributed by atoms with Gasteiger partial charge in [0.15, 0.2) is 0 Å². The van der Waals surface area contributed by atoms with Crippen molar-refractivity contribution in [1.82, 2.24) is 15.2 Å². The second-order valence-corrected chi connectivity index (χ2v) is 6.97. The van der Waals surface area contributed by atoms with Crippen LogP contribution in [-0.2, 0) is 6.54 Å². The number of hydrogen-bond acceptors (Lipinski definition) is 4. The SMILES string of the molecule is O=c1[nH]c(-c2ccc3ccccc3c2)c(CN2CCNCC2)s1. The highest BCUT2D eigenvalue weighted by atomic mass is 32.1. The summed E-state index contributed by atoms with van der Waals surface area (Å²) in [5, 5.41) is 5.78. The van der Waals surface area contributed by atoms with Crippen molar-refractivity contribution in [2.75, 3.05) is 26.2 Å². The van der Waals surface area contributed by atoms with E-state index in [0.717, 1.165) is 48.9 Å². The molecule has 2 aromatic carbocycles. The Bertz CT molecular complexity index is 877. The molecule has 0 atom stereocenters. The van der Waals surface area contributed by atoms with E-state index in [1.54, 1.807) is 0 Å². The first-order chi connectivity index (χ1) is 11.3. The number of benzene rings is 2. The molecule has 0 saturated carbocycles. The monoisotopic (exact) mass is 325 g/mol. The summed E-state index contributed by atoms with van der Waals surface area (Å²) in [5.41, 5.74) is 2.07. The Labute approximate surface area is 138 Å². The van der Waals surface area contributed by atoms with E-state index >= 15 is 0 Å². The molecule has 1 saturated heterocycles. The summed E-state index contributed by atoms with van der Waals surface area (Å²) in [6, 6.07) is 14.7. The lowest BCUT2D eigenvalue weighted by Gasteiger charge is -2.26. The standard InChI is InChI=1S/C18H19N3OS/c22-18-20-17(16(23-18)12-21-9-7-19-8-10-21)15-6-5-13-3-1-2-4-14(13)11-15/h1-6,11,19H,7-10,12H2,(H,20,22). The van der Waals surface area contributed by atoms with Crippen molar-refractivity contribution in [2.45, 2.75) is 6.54 Å². The molecule has 0 unspecified atom stereocenters. The van der Waals surface area contributed by atoms with Crippen molar-refractivity contribution in [1.29, 1.82) is 0 Å². The van der Waals surface area contributed by atoms with Crippen molar-refractivity contribution in [3.63, 3.8) is 0 Å². The molecule has 2 heterocycles. The minimum absolute atomic E-state index is 0.0262. The second-order valence-electron chi connectivity index (χ2n) is 5.90. The average Bonchev–Trinajstić information content (AvgIpc) is 2.96. The number of fused-ring (bicyclic) bond motifs is 1. The van der Waals surface area contributed by atoms with Crippen LogP contribution in [0.5, 0.6) is 0 Å². The number of thiazole rings is 1. The molecule has 5 heteroatoms. The van der Waals surface area contributed by atoms with E-state index in [1.165, 1.54) is 22.1 Å². The Morgan fingerprint density at radius 2 is 1.83 bits per heavy atom. The van der Waals surface area contributed by atoms with E-state index in [1.807, 2.05) is 12.1 Å². The highest BCUT2D eigenvalue weighted by Gasteiger charge is 2.16. The summed E-state index contributed by atoms with van der Waals surface area (Å²) in [6.07, 6.45) is 0. The summed E-state index contributed by atoms with van der Waals surface area (Å²) in [6.45, 7) is 4.94. The van der Waals surface area contributed by atoms with E-state index in [0.29, 0.717) is 0 Å². The highest BCUT2D eigenvalue weighted by Crippen LogP contribution is 2.27. The van der Waals surface area contributed by atoms with Gasteiger partial charge >= 0.3 is 4.87 Å². The van der Waals surface area contributed by atoms with E-state index in [4.69, 9.17) is 0 Å². The van der Waals surface area contributed by atoms with Crippen molar-refractivity contribution < 1.29 is 0 Å². The summed E-state index contributed by atoms with van der Waals surface area (Å²) in [7, 11) is 0. The first-order valence-electron chi connectivity index (χ1n) is 7.94. The summed E-state index contributed by atoms with van der Waals surface area (Å²) < 4.78 is 0. The Kier molecular flexibility index (Phi) is 3.99. The quantitative estimate of drug-likeness (QED) is 0.778. The molecule has 0 amide bonds. The normalized spacial score (nSPS) is 16.0. The van der Waals surface area contributed by atoms with Gasteiger partial charge in [0.2, 0.25) is 0 Å². The molecule has 1 fully saturated rings. The van der Waals surface area contributed by atoms with E-state index in [-0.39, 0.29) is 4.87 Å². The molecule has 2 N–H and O–H groups in total. The van der Waals surface area contributed by atoms with E-state index in [2.05, 4.69) is 45.5 Å². The van der Waals surface area contributed by atoms with Crippen molar-refractivity contribution in [3.8, 4) is 11.3 Å². The first-order valence-corrected chi connectivity index (χ1v) is 8.75. The maximum atomic E-state index is 11.9. The molecule has 1 aliphatic rings. The van der Waals surface area contributed by atoms with Gasteiger partial charge in [-0.25, -0.2) is 0 Å². The van der Waals surface area contributed by atoms with Crippen LogP contribution in [0.1, 0.15) is 4.88 Å². The smallest absolute Gasteiger partial charge is 0.305 e. The lowest BCUT2D eigenvalue weighted by molar-refractivity contribution is 0.235. The minimum atomic E-state index is 0.0262. The molecule has 3 aromatic rings. The zero-order valence-electron chi connectivity index (χ0n) is 12.8. The lowest BCUT2D eigenvalue weighted by Crippen LogP contribution is -2.42. The number of aromatic amines is 1. The van der Waals surface area contributed by atoms with E-state index < -0.39 is 0 Å². The summed E-state index contributed by atoms with van der Waals surface area (Å²) >= 11 is 1.34. The molecule has 1 aromatic heterocycles. The Morgan fingerprint density at radius 1 is 1.04 bits per heavy atom. The topological polar surface area (TPSA) is 48.1 Å². The molecule has 0 radical (unpaired) electrons. The van der Waals surface area contributed by atoms with E-state index in [9.17, 15) is 4.79 Å². The highest BCUT2D eigenvalue weighted by molar-refractivity contribution is 7.09. The second kappa shape index (κ2) is 6.28. The predicted molar refractivity (Wildman–Crippen MR) is 96.0 cm³/mol. The maximum absolute atomic E-state index is 11.9. The number of piperazine rings is 1. The van der Waals surface area contributed by atoms with Gasteiger partial charge in [-0.15, -0.1) is 0 Å². The van der Waals surface area contributed by atoms with Crippen LogP contribution < -0.4 is 10.2 Å². The summed E-state index contributed by atoms with van der Waals surface area (Å²) in [5.74, 6) is 0. The average molecular weight is 325 g/mol. The van der Waals surface area contributed by atoms with Crippen LogP contribution in [0.25, 0.3) is 22.0 Å². The molecule has 23 heavy (non-hydrogen) atoms. The number of H-pyrrole nitrogens is 1. The van der Waals surface area contributed by atoms with Crippen LogP contribution >= 0.6 is 11.3 Å². The summed E-state index contributed by atoms with van der Waals surface area (Å²) in [4.78, 5) is 18.5. The predicted octanol–water partition coefficient (Wildman–Crippen LogP) is 2.66. The van der Waals surface area contributed by atoms with Gasteiger partial charge in [-0.05, 0) is 22.4 Å². The van der Waals surface area contributed by atoms with Crippen LogP contribution in [0.4, 0.5) is 0 Å². The molecule has 4 nitrogen and oxygen atoms in total.